The molecule has 3 heteroatoms. The van der Waals surface area contributed by atoms with E-state index in [1.807, 2.05) is 0 Å². The van der Waals surface area contributed by atoms with Gasteiger partial charge in [0.15, 0.2) is 0 Å². The van der Waals surface area contributed by atoms with Gasteiger partial charge >= 0.3 is 0 Å². The van der Waals surface area contributed by atoms with Crippen molar-refractivity contribution in [1.82, 2.24) is 0 Å². The van der Waals surface area contributed by atoms with Crippen LogP contribution in [0.25, 0.3) is 0 Å². The minimum absolute atomic E-state index is 0.0192. The molecule has 0 aromatic rings. The average molecular weight is 601 g/mol. The molecule has 1 heterocycles. The van der Waals surface area contributed by atoms with Crippen LogP contribution in [0, 0.1) is 40.4 Å². The summed E-state index contributed by atoms with van der Waals surface area (Å²) in [4.78, 5) is 0. The van der Waals surface area contributed by atoms with Gasteiger partial charge in [-0.3, -0.25) is 0 Å². The largest absolute Gasteiger partial charge is 0.393 e. The van der Waals surface area contributed by atoms with E-state index in [1.54, 1.807) is 5.57 Å². The fourth-order valence-electron chi connectivity index (χ4n) is 9.63. The van der Waals surface area contributed by atoms with Crippen molar-refractivity contribution in [1.29, 1.82) is 0 Å². The Bertz CT molecular complexity index is 917. The molecule has 1 saturated heterocycles. The molecule has 0 radical (unpaired) electrons. The topological polar surface area (TPSA) is 53.0 Å². The van der Waals surface area contributed by atoms with Crippen molar-refractivity contribution in [3.63, 3.8) is 0 Å². The highest BCUT2D eigenvalue weighted by Crippen LogP contribution is 2.67. The Morgan fingerprint density at radius 3 is 2.09 bits per heavy atom. The number of aliphatic hydroxyl groups is 2. The molecule has 2 N–H and O–H groups in total. The van der Waals surface area contributed by atoms with Gasteiger partial charge < -0.3 is 14.9 Å². The average Bonchev–Trinajstić information content (AvgIpc) is 3.49. The molecule has 3 fully saturated rings. The predicted octanol–water partition coefficient (Wildman–Crippen LogP) is 10.8. The van der Waals surface area contributed by atoms with E-state index in [9.17, 15) is 10.2 Å². The Morgan fingerprint density at radius 2 is 1.47 bits per heavy atom. The van der Waals surface area contributed by atoms with Gasteiger partial charge in [-0.05, 0) is 125 Å². The molecule has 0 aromatic heterocycles. The summed E-state index contributed by atoms with van der Waals surface area (Å²) in [6.45, 7) is 23.5. The standard InChI is InChI=1S/C40H72O3/c1-29(17-13-19-31(3)21-22-36-33(5)25-34(41)26-37(36,6)7)15-11-12-16-30(2)18-14-20-32(4)23-24-40-38(8,9)27-35(42)28-39(40,10)43-40/h11-12,19,29-30,32-36,41-42H,13-18,20-28H2,1-10H3/b12-11+,31-19+/t29-,30-,32+,33-,34+,35-,36+,39+,40-/m0/s1. The second kappa shape index (κ2) is 15.3. The number of epoxide rings is 1. The van der Waals surface area contributed by atoms with Crippen LogP contribution in [0.4, 0.5) is 0 Å². The van der Waals surface area contributed by atoms with E-state index in [2.05, 4.69) is 87.5 Å². The first-order chi connectivity index (χ1) is 20.0. The molecule has 0 spiro atoms. The molecule has 9 atom stereocenters. The molecule has 250 valence electrons. The second-order valence-corrected chi connectivity index (χ2v) is 17.7. The maximum absolute atomic E-state index is 10.3. The van der Waals surface area contributed by atoms with Gasteiger partial charge in [-0.15, -0.1) is 0 Å². The van der Waals surface area contributed by atoms with Gasteiger partial charge in [-0.2, -0.15) is 0 Å². The summed E-state index contributed by atoms with van der Waals surface area (Å²) in [7, 11) is 0. The third-order valence-corrected chi connectivity index (χ3v) is 12.4. The second-order valence-electron chi connectivity index (χ2n) is 17.7. The molecule has 1 aliphatic heterocycles. The lowest BCUT2D eigenvalue weighted by Gasteiger charge is -2.45. The molecule has 2 saturated carbocycles. The first-order valence-corrected chi connectivity index (χ1v) is 18.4. The fraction of sp³-hybridized carbons (Fsp3) is 0.900. The summed E-state index contributed by atoms with van der Waals surface area (Å²) < 4.78 is 6.40. The normalized spacial score (nSPS) is 35.9. The highest BCUT2D eigenvalue weighted by molar-refractivity contribution is 5.23. The Kier molecular flexibility index (Phi) is 13.1. The maximum Gasteiger partial charge on any atom is 0.103 e. The molecule has 3 nitrogen and oxygen atoms in total. The summed E-state index contributed by atoms with van der Waals surface area (Å²) in [5.74, 6) is 3.58. The number of aliphatic hydroxyl groups excluding tert-OH is 2. The third kappa shape index (κ3) is 9.92. The van der Waals surface area contributed by atoms with Crippen LogP contribution in [0.1, 0.15) is 166 Å². The number of hydrogen-bond acceptors (Lipinski definition) is 3. The first-order valence-electron chi connectivity index (χ1n) is 18.4. The van der Waals surface area contributed by atoms with Crippen LogP contribution in [-0.2, 0) is 4.74 Å². The minimum atomic E-state index is -0.214. The van der Waals surface area contributed by atoms with Gasteiger partial charge in [-0.1, -0.05) is 98.5 Å². The smallest absolute Gasteiger partial charge is 0.103 e. The Balaban J connectivity index is 1.24. The summed E-state index contributed by atoms with van der Waals surface area (Å²) in [5, 5.41) is 20.5. The van der Waals surface area contributed by atoms with E-state index in [-0.39, 0.29) is 34.2 Å². The Morgan fingerprint density at radius 1 is 0.837 bits per heavy atom. The summed E-state index contributed by atoms with van der Waals surface area (Å²) >= 11 is 0. The number of fused-ring (bicyclic) bond motifs is 1. The van der Waals surface area contributed by atoms with E-state index in [0.717, 1.165) is 49.9 Å². The van der Waals surface area contributed by atoms with Crippen LogP contribution < -0.4 is 0 Å². The summed E-state index contributed by atoms with van der Waals surface area (Å²) in [6.07, 6.45) is 24.3. The van der Waals surface area contributed by atoms with E-state index in [4.69, 9.17) is 4.74 Å². The molecule has 3 rings (SSSR count). The van der Waals surface area contributed by atoms with Crippen molar-refractivity contribution >= 4 is 0 Å². The van der Waals surface area contributed by atoms with Gasteiger partial charge in [-0.25, -0.2) is 0 Å². The highest BCUT2D eigenvalue weighted by Gasteiger charge is 2.75. The zero-order valence-electron chi connectivity index (χ0n) is 30.2. The molecule has 0 aromatic carbocycles. The molecule has 0 amide bonds. The van der Waals surface area contributed by atoms with Crippen LogP contribution in [0.2, 0.25) is 0 Å². The monoisotopic (exact) mass is 601 g/mol. The van der Waals surface area contributed by atoms with Crippen LogP contribution >= 0.6 is 0 Å². The van der Waals surface area contributed by atoms with Crippen molar-refractivity contribution in [3.8, 4) is 0 Å². The first kappa shape index (κ1) is 36.8. The number of allylic oxidation sites excluding steroid dienone is 4. The lowest BCUT2D eigenvalue weighted by molar-refractivity contribution is -0.0150. The predicted molar refractivity (Wildman–Crippen MR) is 184 cm³/mol. The van der Waals surface area contributed by atoms with Crippen molar-refractivity contribution in [2.75, 3.05) is 0 Å². The molecule has 43 heavy (non-hydrogen) atoms. The zero-order valence-corrected chi connectivity index (χ0v) is 30.2. The van der Waals surface area contributed by atoms with E-state index in [0.29, 0.717) is 11.8 Å². The van der Waals surface area contributed by atoms with Crippen LogP contribution in [0.3, 0.4) is 0 Å². The number of rotatable bonds is 17. The van der Waals surface area contributed by atoms with Gasteiger partial charge in [0.25, 0.3) is 0 Å². The Labute approximate surface area is 267 Å². The maximum atomic E-state index is 10.3. The van der Waals surface area contributed by atoms with Gasteiger partial charge in [0.05, 0.1) is 17.8 Å². The Hall–Kier alpha value is -0.640. The molecule has 0 unspecified atom stereocenters. The summed E-state index contributed by atoms with van der Waals surface area (Å²) in [5.41, 5.74) is 1.73. The summed E-state index contributed by atoms with van der Waals surface area (Å²) in [6, 6.07) is 0. The van der Waals surface area contributed by atoms with Crippen LogP contribution in [0.5, 0.6) is 0 Å². The quantitative estimate of drug-likeness (QED) is 0.129. The van der Waals surface area contributed by atoms with Crippen LogP contribution in [-0.4, -0.2) is 33.6 Å². The molecule has 0 bridgehead atoms. The zero-order chi connectivity index (χ0) is 32.1. The van der Waals surface area contributed by atoms with Crippen LogP contribution in [0.15, 0.2) is 23.8 Å². The van der Waals surface area contributed by atoms with Crippen molar-refractivity contribution in [2.45, 2.75) is 189 Å². The SMILES string of the molecule is C/C(=C\CC[C@@H](C)C/C=C/C[C@H](C)CCC[C@@H](C)CC[C@@]12O[C@]1(C)C[C@@H](O)CC2(C)C)CC[C@@H]1[C@@H](C)C[C@@H](O)CC1(C)C. The van der Waals surface area contributed by atoms with Gasteiger partial charge in [0, 0.05) is 6.42 Å². The molecule has 3 aliphatic rings. The van der Waals surface area contributed by atoms with Crippen molar-refractivity contribution in [2.24, 2.45) is 40.4 Å². The highest BCUT2D eigenvalue weighted by atomic mass is 16.6. The number of ether oxygens (including phenoxy) is 1. The lowest BCUT2D eigenvalue weighted by atomic mass is 9.61. The number of hydrogen-bond donors (Lipinski definition) is 2. The lowest BCUT2D eigenvalue weighted by Crippen LogP contribution is -2.47. The molecular formula is C40H72O3. The third-order valence-electron chi connectivity index (χ3n) is 12.4. The van der Waals surface area contributed by atoms with Gasteiger partial charge in [0.2, 0.25) is 0 Å². The van der Waals surface area contributed by atoms with E-state index < -0.39 is 0 Å². The molecule has 2 aliphatic carbocycles. The van der Waals surface area contributed by atoms with Gasteiger partial charge in [0.1, 0.15) is 5.60 Å². The van der Waals surface area contributed by atoms with E-state index in [1.165, 1.54) is 64.2 Å². The molecular weight excluding hydrogens is 528 g/mol. The van der Waals surface area contributed by atoms with Crippen molar-refractivity contribution in [3.05, 3.63) is 23.8 Å². The fourth-order valence-corrected chi connectivity index (χ4v) is 9.63. The van der Waals surface area contributed by atoms with E-state index >= 15 is 0 Å². The minimum Gasteiger partial charge on any atom is -0.393 e. The van der Waals surface area contributed by atoms with Crippen molar-refractivity contribution < 1.29 is 14.9 Å².